The molecule has 19 heavy (non-hydrogen) atoms. The van der Waals surface area contributed by atoms with Crippen LogP contribution in [0.4, 0.5) is 5.69 Å². The molecule has 1 saturated heterocycles. The van der Waals surface area contributed by atoms with E-state index >= 15 is 0 Å². The van der Waals surface area contributed by atoms with Crippen molar-refractivity contribution >= 4 is 15.9 Å². The van der Waals surface area contributed by atoms with Gasteiger partial charge in [-0.2, -0.15) is 12.7 Å². The molecule has 1 aliphatic heterocycles. The number of nitrogens with two attached hydrogens (primary N) is 1. The average molecular weight is 284 g/mol. The van der Waals surface area contributed by atoms with E-state index in [0.717, 1.165) is 24.8 Å². The smallest absolute Gasteiger partial charge is 0.301 e. The van der Waals surface area contributed by atoms with Crippen LogP contribution in [0.3, 0.4) is 0 Å². The standard InChI is InChI=1S/C12H20N4O2S/c1-10-9-14-6-5-12(10)15-19(17,18)16-7-3-2-4-11(16)8-13/h5-6,9,11H,2-4,7-8,13H2,1H3,(H,14,15). The highest BCUT2D eigenvalue weighted by molar-refractivity contribution is 7.90. The first-order valence-corrected chi connectivity index (χ1v) is 7.89. The Morgan fingerprint density at radius 3 is 3.00 bits per heavy atom. The zero-order valence-corrected chi connectivity index (χ0v) is 11.9. The van der Waals surface area contributed by atoms with Gasteiger partial charge in [-0.3, -0.25) is 9.71 Å². The van der Waals surface area contributed by atoms with Gasteiger partial charge in [-0.25, -0.2) is 0 Å². The molecule has 0 aliphatic carbocycles. The lowest BCUT2D eigenvalue weighted by atomic mass is 10.1. The number of aryl methyl sites for hydroxylation is 1. The molecule has 106 valence electrons. The van der Waals surface area contributed by atoms with Crippen molar-refractivity contribution in [3.05, 3.63) is 24.0 Å². The van der Waals surface area contributed by atoms with E-state index in [2.05, 4.69) is 9.71 Å². The Balaban J connectivity index is 2.20. The number of pyridine rings is 1. The van der Waals surface area contributed by atoms with Gasteiger partial charge in [-0.1, -0.05) is 6.42 Å². The van der Waals surface area contributed by atoms with Crippen LogP contribution in [0, 0.1) is 6.92 Å². The summed E-state index contributed by atoms with van der Waals surface area (Å²) in [5.41, 5.74) is 7.03. The summed E-state index contributed by atoms with van der Waals surface area (Å²) < 4.78 is 28.9. The molecular formula is C12H20N4O2S. The van der Waals surface area contributed by atoms with E-state index in [-0.39, 0.29) is 6.04 Å². The highest BCUT2D eigenvalue weighted by atomic mass is 32.2. The Labute approximate surface area is 114 Å². The van der Waals surface area contributed by atoms with Crippen molar-refractivity contribution in [2.45, 2.75) is 32.2 Å². The van der Waals surface area contributed by atoms with Gasteiger partial charge in [0, 0.05) is 31.5 Å². The van der Waals surface area contributed by atoms with E-state index in [9.17, 15) is 8.42 Å². The number of anilines is 1. The normalized spacial score (nSPS) is 21.3. The first-order chi connectivity index (χ1) is 9.04. The van der Waals surface area contributed by atoms with Crippen LogP contribution in [-0.4, -0.2) is 36.8 Å². The van der Waals surface area contributed by atoms with Crippen LogP contribution in [0.15, 0.2) is 18.5 Å². The summed E-state index contributed by atoms with van der Waals surface area (Å²) in [6, 6.07) is 1.56. The van der Waals surface area contributed by atoms with Crippen LogP contribution >= 0.6 is 0 Å². The van der Waals surface area contributed by atoms with Gasteiger partial charge in [0.2, 0.25) is 0 Å². The van der Waals surface area contributed by atoms with Crippen LogP contribution in [0.1, 0.15) is 24.8 Å². The predicted molar refractivity (Wildman–Crippen MR) is 74.9 cm³/mol. The number of hydrogen-bond acceptors (Lipinski definition) is 4. The molecule has 0 radical (unpaired) electrons. The Bertz CT molecular complexity index is 532. The van der Waals surface area contributed by atoms with Gasteiger partial charge >= 0.3 is 10.2 Å². The van der Waals surface area contributed by atoms with E-state index in [1.807, 2.05) is 6.92 Å². The monoisotopic (exact) mass is 284 g/mol. The summed E-state index contributed by atoms with van der Waals surface area (Å²) in [5.74, 6) is 0. The number of piperidine rings is 1. The topological polar surface area (TPSA) is 88.3 Å². The van der Waals surface area contributed by atoms with Crippen molar-refractivity contribution < 1.29 is 8.42 Å². The van der Waals surface area contributed by atoms with E-state index in [1.54, 1.807) is 18.5 Å². The second-order valence-corrected chi connectivity index (χ2v) is 6.42. The second-order valence-electron chi connectivity index (χ2n) is 4.79. The van der Waals surface area contributed by atoms with Crippen molar-refractivity contribution in [1.82, 2.24) is 9.29 Å². The van der Waals surface area contributed by atoms with E-state index in [0.29, 0.717) is 18.8 Å². The molecule has 0 aromatic carbocycles. The van der Waals surface area contributed by atoms with Gasteiger partial charge in [0.05, 0.1) is 5.69 Å². The lowest BCUT2D eigenvalue weighted by Crippen LogP contribution is -2.49. The molecule has 1 atom stereocenters. The third-order valence-electron chi connectivity index (χ3n) is 3.41. The fraction of sp³-hybridized carbons (Fsp3) is 0.583. The molecule has 0 saturated carbocycles. The van der Waals surface area contributed by atoms with Crippen LogP contribution in [0.5, 0.6) is 0 Å². The second kappa shape index (κ2) is 5.85. The minimum Gasteiger partial charge on any atom is -0.329 e. The van der Waals surface area contributed by atoms with Gasteiger partial charge in [0.25, 0.3) is 0 Å². The minimum absolute atomic E-state index is 0.103. The largest absolute Gasteiger partial charge is 0.329 e. The summed E-state index contributed by atoms with van der Waals surface area (Å²) in [6.45, 7) is 2.71. The zero-order chi connectivity index (χ0) is 13.9. The first-order valence-electron chi connectivity index (χ1n) is 6.45. The molecule has 1 aromatic rings. The van der Waals surface area contributed by atoms with Gasteiger partial charge < -0.3 is 5.73 Å². The summed E-state index contributed by atoms with van der Waals surface area (Å²) in [4.78, 5) is 3.95. The van der Waals surface area contributed by atoms with Crippen LogP contribution < -0.4 is 10.5 Å². The number of aromatic nitrogens is 1. The van der Waals surface area contributed by atoms with Crippen molar-refractivity contribution in [3.63, 3.8) is 0 Å². The third-order valence-corrected chi connectivity index (χ3v) is 4.99. The maximum Gasteiger partial charge on any atom is 0.301 e. The lowest BCUT2D eigenvalue weighted by molar-refractivity contribution is 0.259. The molecule has 1 aliphatic rings. The molecule has 6 nitrogen and oxygen atoms in total. The fourth-order valence-electron chi connectivity index (χ4n) is 2.31. The van der Waals surface area contributed by atoms with E-state index in [4.69, 9.17) is 5.73 Å². The van der Waals surface area contributed by atoms with Crippen LogP contribution in [0.25, 0.3) is 0 Å². The Morgan fingerprint density at radius 2 is 2.32 bits per heavy atom. The fourth-order valence-corrected chi connectivity index (χ4v) is 3.89. The Morgan fingerprint density at radius 1 is 1.53 bits per heavy atom. The zero-order valence-electron chi connectivity index (χ0n) is 11.0. The van der Waals surface area contributed by atoms with Crippen molar-refractivity contribution in [1.29, 1.82) is 0 Å². The van der Waals surface area contributed by atoms with Gasteiger partial charge in [0.1, 0.15) is 0 Å². The predicted octanol–water partition coefficient (Wildman–Crippen LogP) is 0.860. The number of hydrogen-bond donors (Lipinski definition) is 2. The highest BCUT2D eigenvalue weighted by Crippen LogP contribution is 2.22. The number of rotatable bonds is 4. The Kier molecular flexibility index (Phi) is 4.38. The van der Waals surface area contributed by atoms with Crippen molar-refractivity contribution in [2.75, 3.05) is 17.8 Å². The molecule has 3 N–H and O–H groups in total. The molecule has 7 heteroatoms. The van der Waals surface area contributed by atoms with Crippen LogP contribution in [-0.2, 0) is 10.2 Å². The molecule has 1 fully saturated rings. The maximum atomic E-state index is 12.4. The van der Waals surface area contributed by atoms with Gasteiger partial charge in [-0.05, 0) is 31.4 Å². The summed E-state index contributed by atoms with van der Waals surface area (Å²) in [5, 5.41) is 0. The SMILES string of the molecule is Cc1cnccc1NS(=O)(=O)N1CCCCC1CN. The van der Waals surface area contributed by atoms with Gasteiger partial charge in [-0.15, -0.1) is 0 Å². The number of nitrogens with zero attached hydrogens (tertiary/aromatic N) is 2. The maximum absolute atomic E-state index is 12.4. The average Bonchev–Trinajstić information content (AvgIpc) is 2.41. The molecule has 1 unspecified atom stereocenters. The molecular weight excluding hydrogens is 264 g/mol. The Hall–Kier alpha value is -1.18. The van der Waals surface area contributed by atoms with Gasteiger partial charge in [0.15, 0.2) is 0 Å². The highest BCUT2D eigenvalue weighted by Gasteiger charge is 2.31. The van der Waals surface area contributed by atoms with Crippen molar-refractivity contribution in [3.8, 4) is 0 Å². The number of nitrogens with one attached hydrogen (secondary N) is 1. The minimum atomic E-state index is -3.54. The van der Waals surface area contributed by atoms with Crippen molar-refractivity contribution in [2.24, 2.45) is 5.73 Å². The third kappa shape index (κ3) is 3.23. The first kappa shape index (κ1) is 14.2. The summed E-state index contributed by atoms with van der Waals surface area (Å²) in [7, 11) is -3.54. The molecule has 2 heterocycles. The van der Waals surface area contributed by atoms with Crippen LogP contribution in [0.2, 0.25) is 0 Å². The summed E-state index contributed by atoms with van der Waals surface area (Å²) >= 11 is 0. The quantitative estimate of drug-likeness (QED) is 0.858. The molecule has 1 aromatic heterocycles. The van der Waals surface area contributed by atoms with E-state index in [1.165, 1.54) is 4.31 Å². The molecule has 0 spiro atoms. The molecule has 0 bridgehead atoms. The molecule has 0 amide bonds. The lowest BCUT2D eigenvalue weighted by Gasteiger charge is -2.34. The summed E-state index contributed by atoms with van der Waals surface area (Å²) in [6.07, 6.45) is 5.94. The van der Waals surface area contributed by atoms with E-state index < -0.39 is 10.2 Å². The molecule has 2 rings (SSSR count).